The molecule has 0 bridgehead atoms. The molecule has 7 nitrogen and oxygen atoms in total. The molecule has 1 aromatic heterocycles. The molecule has 160 valence electrons. The molecule has 0 saturated heterocycles. The average Bonchev–Trinajstić information content (AvgIpc) is 2.74. The van der Waals surface area contributed by atoms with Crippen LogP contribution < -0.4 is 11.2 Å². The molecule has 8 heteroatoms. The smallest absolute Gasteiger partial charge is 0.306 e. The van der Waals surface area contributed by atoms with Gasteiger partial charge >= 0.3 is 5.69 Å². The quantitative estimate of drug-likeness (QED) is 0.565. The number of aromatic amines is 1. The summed E-state index contributed by atoms with van der Waals surface area (Å²) in [7, 11) is -3.64. The van der Waals surface area contributed by atoms with Gasteiger partial charge in [-0.05, 0) is 49.2 Å². The number of para-hydroxylation sites is 1. The molecule has 0 atom stereocenters. The minimum Gasteiger partial charge on any atom is -0.306 e. The Morgan fingerprint density at radius 1 is 0.900 bits per heavy atom. The highest BCUT2D eigenvalue weighted by Gasteiger charge is 2.23. The zero-order valence-corrected chi connectivity index (χ0v) is 18.1. The molecule has 3 aromatic rings. The third kappa shape index (κ3) is 4.39. The lowest BCUT2D eigenvalue weighted by Crippen LogP contribution is -2.34. The van der Waals surface area contributed by atoms with Crippen molar-refractivity contribution >= 4 is 20.9 Å². The molecule has 0 fully saturated rings. The van der Waals surface area contributed by atoms with Crippen molar-refractivity contribution in [3.8, 4) is 5.69 Å². The highest BCUT2D eigenvalue weighted by Crippen LogP contribution is 2.19. The van der Waals surface area contributed by atoms with E-state index < -0.39 is 21.3 Å². The highest BCUT2D eigenvalue weighted by molar-refractivity contribution is 7.89. The van der Waals surface area contributed by atoms with Crippen molar-refractivity contribution in [2.75, 3.05) is 13.1 Å². The summed E-state index contributed by atoms with van der Waals surface area (Å²) in [5.74, 6) is 0. The van der Waals surface area contributed by atoms with E-state index in [2.05, 4.69) is 4.98 Å². The Morgan fingerprint density at radius 2 is 1.50 bits per heavy atom. The molecule has 0 radical (unpaired) electrons. The standard InChI is InChI=1S/C22H27N3O4S/c1-3-5-15-24(16-6-4-2)30(28,29)18-13-11-17(12-14-18)25-21(26)19-9-7-8-10-20(19)23-22(25)27/h7-14H,3-6,15-16H2,1-2H3,(H,23,27). The lowest BCUT2D eigenvalue weighted by Gasteiger charge is -2.22. The molecule has 0 aliphatic rings. The first-order chi connectivity index (χ1) is 14.4. The molecule has 0 spiro atoms. The minimum absolute atomic E-state index is 0.156. The fourth-order valence-electron chi connectivity index (χ4n) is 3.33. The Labute approximate surface area is 176 Å². The van der Waals surface area contributed by atoms with Gasteiger partial charge in [-0.1, -0.05) is 38.8 Å². The number of fused-ring (bicyclic) bond motifs is 1. The van der Waals surface area contributed by atoms with E-state index in [9.17, 15) is 18.0 Å². The van der Waals surface area contributed by atoms with Crippen molar-refractivity contribution in [1.29, 1.82) is 0 Å². The van der Waals surface area contributed by atoms with E-state index in [1.807, 2.05) is 13.8 Å². The number of sulfonamides is 1. The maximum Gasteiger partial charge on any atom is 0.333 e. The van der Waals surface area contributed by atoms with Crippen LogP contribution in [0.25, 0.3) is 16.6 Å². The minimum atomic E-state index is -3.64. The highest BCUT2D eigenvalue weighted by atomic mass is 32.2. The van der Waals surface area contributed by atoms with Crippen LogP contribution in [0.3, 0.4) is 0 Å². The van der Waals surface area contributed by atoms with Gasteiger partial charge in [0.25, 0.3) is 5.56 Å². The molecule has 1 heterocycles. The second kappa shape index (κ2) is 9.40. The summed E-state index contributed by atoms with van der Waals surface area (Å²) in [6.45, 7) is 5.01. The summed E-state index contributed by atoms with van der Waals surface area (Å²) in [5.41, 5.74) is -0.232. The average molecular weight is 430 g/mol. The van der Waals surface area contributed by atoms with Crippen molar-refractivity contribution in [3.05, 3.63) is 69.4 Å². The van der Waals surface area contributed by atoms with Gasteiger partial charge in [0.2, 0.25) is 10.0 Å². The van der Waals surface area contributed by atoms with E-state index in [0.29, 0.717) is 29.7 Å². The molecule has 0 aliphatic heterocycles. The van der Waals surface area contributed by atoms with Crippen molar-refractivity contribution < 1.29 is 8.42 Å². The van der Waals surface area contributed by atoms with Gasteiger partial charge in [0, 0.05) is 13.1 Å². The largest absolute Gasteiger partial charge is 0.333 e. The first-order valence-corrected chi connectivity index (χ1v) is 11.7. The Balaban J connectivity index is 1.99. The SMILES string of the molecule is CCCCN(CCCC)S(=O)(=O)c1ccc(-n2c(=O)[nH]c3ccccc3c2=O)cc1. The van der Waals surface area contributed by atoms with Gasteiger partial charge in [-0.3, -0.25) is 4.79 Å². The molecular weight excluding hydrogens is 402 g/mol. The molecule has 0 saturated carbocycles. The van der Waals surface area contributed by atoms with Crippen LogP contribution in [-0.2, 0) is 10.0 Å². The summed E-state index contributed by atoms with van der Waals surface area (Å²) in [6, 6.07) is 12.7. The second-order valence-electron chi connectivity index (χ2n) is 7.22. The summed E-state index contributed by atoms with van der Waals surface area (Å²) < 4.78 is 28.7. The van der Waals surface area contributed by atoms with Crippen LogP contribution in [0, 0.1) is 0 Å². The molecule has 0 aliphatic carbocycles. The third-order valence-electron chi connectivity index (χ3n) is 5.06. The number of aromatic nitrogens is 2. The number of rotatable bonds is 9. The van der Waals surface area contributed by atoms with Gasteiger partial charge in [-0.25, -0.2) is 17.8 Å². The third-order valence-corrected chi connectivity index (χ3v) is 6.97. The van der Waals surface area contributed by atoms with E-state index in [-0.39, 0.29) is 4.90 Å². The monoisotopic (exact) mass is 429 g/mol. The summed E-state index contributed by atoms with van der Waals surface area (Å²) in [6.07, 6.45) is 3.40. The summed E-state index contributed by atoms with van der Waals surface area (Å²) in [4.78, 5) is 28.1. The fraction of sp³-hybridized carbons (Fsp3) is 0.364. The molecule has 30 heavy (non-hydrogen) atoms. The number of benzene rings is 2. The topological polar surface area (TPSA) is 92.2 Å². The normalized spacial score (nSPS) is 12.0. The van der Waals surface area contributed by atoms with E-state index in [0.717, 1.165) is 30.3 Å². The zero-order valence-electron chi connectivity index (χ0n) is 17.3. The number of nitrogens with zero attached hydrogens (tertiary/aromatic N) is 2. The number of nitrogens with one attached hydrogen (secondary N) is 1. The first-order valence-electron chi connectivity index (χ1n) is 10.2. The van der Waals surface area contributed by atoms with E-state index in [4.69, 9.17) is 0 Å². The molecule has 1 N–H and O–H groups in total. The molecule has 0 unspecified atom stereocenters. The Hall–Kier alpha value is -2.71. The van der Waals surface area contributed by atoms with Crippen LogP contribution >= 0.6 is 0 Å². The van der Waals surface area contributed by atoms with Gasteiger partial charge in [0.15, 0.2) is 0 Å². The lowest BCUT2D eigenvalue weighted by molar-refractivity contribution is 0.395. The number of hydrogen-bond acceptors (Lipinski definition) is 4. The van der Waals surface area contributed by atoms with Gasteiger partial charge in [-0.15, -0.1) is 0 Å². The van der Waals surface area contributed by atoms with E-state index in [1.165, 1.54) is 28.6 Å². The number of hydrogen-bond donors (Lipinski definition) is 1. The predicted octanol–water partition coefficient (Wildman–Crippen LogP) is 3.27. The van der Waals surface area contributed by atoms with Crippen molar-refractivity contribution in [2.45, 2.75) is 44.4 Å². The van der Waals surface area contributed by atoms with Crippen LogP contribution in [-0.4, -0.2) is 35.4 Å². The van der Waals surface area contributed by atoms with Crippen molar-refractivity contribution in [3.63, 3.8) is 0 Å². The summed E-state index contributed by atoms with van der Waals surface area (Å²) in [5, 5.41) is 0.388. The fourth-order valence-corrected chi connectivity index (χ4v) is 4.85. The number of unbranched alkanes of at least 4 members (excludes halogenated alkanes) is 2. The van der Waals surface area contributed by atoms with Gasteiger partial charge in [-0.2, -0.15) is 4.31 Å². The predicted molar refractivity (Wildman–Crippen MR) is 119 cm³/mol. The lowest BCUT2D eigenvalue weighted by atomic mass is 10.2. The molecule has 3 rings (SSSR count). The first kappa shape index (κ1) is 22.0. The Morgan fingerprint density at radius 3 is 2.10 bits per heavy atom. The van der Waals surface area contributed by atoms with Crippen LogP contribution in [0.2, 0.25) is 0 Å². The molecule has 2 aromatic carbocycles. The van der Waals surface area contributed by atoms with Crippen LogP contribution in [0.15, 0.2) is 63.0 Å². The molecular formula is C22H27N3O4S. The Kier molecular flexibility index (Phi) is 6.89. The summed E-state index contributed by atoms with van der Waals surface area (Å²) >= 11 is 0. The van der Waals surface area contributed by atoms with Gasteiger partial charge in [0.05, 0.1) is 21.5 Å². The maximum absolute atomic E-state index is 13.1. The zero-order chi connectivity index (χ0) is 21.7. The maximum atomic E-state index is 13.1. The van der Waals surface area contributed by atoms with E-state index >= 15 is 0 Å². The Bertz CT molecular complexity index is 1220. The van der Waals surface area contributed by atoms with Crippen molar-refractivity contribution in [1.82, 2.24) is 13.9 Å². The van der Waals surface area contributed by atoms with E-state index in [1.54, 1.807) is 24.3 Å². The van der Waals surface area contributed by atoms with Crippen LogP contribution in [0.4, 0.5) is 0 Å². The van der Waals surface area contributed by atoms with Crippen LogP contribution in [0.1, 0.15) is 39.5 Å². The van der Waals surface area contributed by atoms with Gasteiger partial charge in [0.1, 0.15) is 0 Å². The van der Waals surface area contributed by atoms with Crippen LogP contribution in [0.5, 0.6) is 0 Å². The number of H-pyrrole nitrogens is 1. The molecule has 0 amide bonds. The second-order valence-corrected chi connectivity index (χ2v) is 9.16. The van der Waals surface area contributed by atoms with Gasteiger partial charge < -0.3 is 4.98 Å². The van der Waals surface area contributed by atoms with Crippen molar-refractivity contribution in [2.24, 2.45) is 0 Å².